The zero-order valence-electron chi connectivity index (χ0n) is 9.91. The number of hydrogen-bond donors (Lipinski definition) is 2. The topological polar surface area (TPSA) is 58.9 Å². The summed E-state index contributed by atoms with van der Waals surface area (Å²) in [4.78, 5) is 0. The first-order chi connectivity index (χ1) is 8.70. The summed E-state index contributed by atoms with van der Waals surface area (Å²) < 4.78 is 11.2. The Morgan fingerprint density at radius 2 is 2.00 bits per heavy atom. The van der Waals surface area contributed by atoms with Crippen molar-refractivity contribution in [1.29, 1.82) is 0 Å². The molecular weight excluding hydrogens is 300 g/mol. The van der Waals surface area contributed by atoms with E-state index in [-0.39, 0.29) is 6.42 Å². The molecule has 0 bridgehead atoms. The van der Waals surface area contributed by atoms with Crippen LogP contribution in [0.5, 0.6) is 0 Å². The number of rotatable bonds is 4. The standard InChI is InChI=1S/C13H17BrO4/c14-7-11-13(16)10(15)6-12(18-11)17-8-9-4-2-1-3-5-9/h1-5,10-13,15-16H,6-8H2/t10-,11-,12-,13+/m1/s1. The lowest BCUT2D eigenvalue weighted by atomic mass is 10.0. The molecular formula is C13H17BrO4. The van der Waals surface area contributed by atoms with E-state index in [1.54, 1.807) is 0 Å². The van der Waals surface area contributed by atoms with Crippen molar-refractivity contribution in [2.75, 3.05) is 5.33 Å². The van der Waals surface area contributed by atoms with Gasteiger partial charge in [-0.25, -0.2) is 0 Å². The molecule has 1 aromatic rings. The average Bonchev–Trinajstić information content (AvgIpc) is 2.41. The summed E-state index contributed by atoms with van der Waals surface area (Å²) in [5.41, 5.74) is 1.05. The number of aliphatic hydroxyl groups is 2. The minimum Gasteiger partial charge on any atom is -0.390 e. The van der Waals surface area contributed by atoms with Crippen molar-refractivity contribution in [2.45, 2.75) is 37.6 Å². The molecule has 1 aliphatic heterocycles. The van der Waals surface area contributed by atoms with Crippen LogP contribution in [-0.2, 0) is 16.1 Å². The Bertz CT molecular complexity index is 359. The number of aliphatic hydroxyl groups excluding tert-OH is 2. The van der Waals surface area contributed by atoms with Crippen molar-refractivity contribution in [3.8, 4) is 0 Å². The van der Waals surface area contributed by atoms with Crippen LogP contribution in [0.2, 0.25) is 0 Å². The molecule has 0 aliphatic carbocycles. The van der Waals surface area contributed by atoms with Crippen molar-refractivity contribution in [3.05, 3.63) is 35.9 Å². The third-order valence-electron chi connectivity index (χ3n) is 2.97. The van der Waals surface area contributed by atoms with Crippen LogP contribution < -0.4 is 0 Å². The maximum Gasteiger partial charge on any atom is 0.161 e. The maximum absolute atomic E-state index is 9.72. The zero-order valence-corrected chi connectivity index (χ0v) is 11.5. The summed E-state index contributed by atoms with van der Waals surface area (Å²) in [5, 5.41) is 19.9. The van der Waals surface area contributed by atoms with Crippen LogP contribution in [0.15, 0.2) is 30.3 Å². The second kappa shape index (κ2) is 6.63. The Morgan fingerprint density at radius 1 is 1.28 bits per heavy atom. The van der Waals surface area contributed by atoms with Gasteiger partial charge < -0.3 is 19.7 Å². The third kappa shape index (κ3) is 3.52. The Balaban J connectivity index is 1.86. The lowest BCUT2D eigenvalue weighted by Gasteiger charge is -2.36. The Hall–Kier alpha value is -0.460. The lowest BCUT2D eigenvalue weighted by Crippen LogP contribution is -2.49. The predicted octanol–water partition coefficient (Wildman–Crippen LogP) is 1.43. The van der Waals surface area contributed by atoms with Gasteiger partial charge in [0.25, 0.3) is 0 Å². The minimum atomic E-state index is -0.860. The van der Waals surface area contributed by atoms with Crippen LogP contribution in [0.1, 0.15) is 12.0 Å². The van der Waals surface area contributed by atoms with E-state index in [2.05, 4.69) is 15.9 Å². The molecule has 0 radical (unpaired) electrons. The molecule has 2 N–H and O–H groups in total. The van der Waals surface area contributed by atoms with Gasteiger partial charge in [0.1, 0.15) is 6.10 Å². The summed E-state index contributed by atoms with van der Waals surface area (Å²) >= 11 is 3.25. The Labute approximate surface area is 115 Å². The van der Waals surface area contributed by atoms with Gasteiger partial charge in [0.2, 0.25) is 0 Å². The van der Waals surface area contributed by atoms with Crippen molar-refractivity contribution in [3.63, 3.8) is 0 Å². The molecule has 0 amide bonds. The summed E-state index contributed by atoms with van der Waals surface area (Å²) in [5.74, 6) is 0. The van der Waals surface area contributed by atoms with Crippen molar-refractivity contribution < 1.29 is 19.7 Å². The molecule has 5 heteroatoms. The van der Waals surface area contributed by atoms with Gasteiger partial charge in [-0.1, -0.05) is 46.3 Å². The van der Waals surface area contributed by atoms with E-state index >= 15 is 0 Å². The highest BCUT2D eigenvalue weighted by Gasteiger charge is 2.36. The first kappa shape index (κ1) is 14.0. The smallest absolute Gasteiger partial charge is 0.161 e. The second-order valence-electron chi connectivity index (χ2n) is 4.35. The van der Waals surface area contributed by atoms with Crippen molar-refractivity contribution in [2.24, 2.45) is 0 Å². The number of ether oxygens (including phenoxy) is 2. The third-order valence-corrected chi connectivity index (χ3v) is 3.60. The molecule has 4 nitrogen and oxygen atoms in total. The molecule has 0 saturated carbocycles. The first-order valence-corrected chi connectivity index (χ1v) is 7.06. The molecule has 1 aromatic carbocycles. The number of alkyl halides is 1. The minimum absolute atomic E-state index is 0.289. The maximum atomic E-state index is 9.72. The average molecular weight is 317 g/mol. The molecule has 0 spiro atoms. The largest absolute Gasteiger partial charge is 0.390 e. The Kier molecular flexibility index (Phi) is 5.14. The molecule has 1 aliphatic rings. The summed E-state index contributed by atoms with van der Waals surface area (Å²) in [6, 6.07) is 9.77. The van der Waals surface area contributed by atoms with E-state index in [4.69, 9.17) is 9.47 Å². The number of benzene rings is 1. The highest BCUT2D eigenvalue weighted by atomic mass is 79.9. The fourth-order valence-corrected chi connectivity index (χ4v) is 2.45. The van der Waals surface area contributed by atoms with Crippen LogP contribution in [0.3, 0.4) is 0 Å². The zero-order chi connectivity index (χ0) is 13.0. The SMILES string of the molecule is O[C@H]1[C@H](O)C[C@H](OCc2ccccc2)O[C@@H]1CBr. The van der Waals surface area contributed by atoms with E-state index in [0.717, 1.165) is 5.56 Å². The molecule has 1 heterocycles. The van der Waals surface area contributed by atoms with Crippen LogP contribution in [0, 0.1) is 0 Å². The van der Waals surface area contributed by atoms with Gasteiger partial charge in [-0.05, 0) is 5.56 Å². The van der Waals surface area contributed by atoms with E-state index in [1.807, 2.05) is 30.3 Å². The fraction of sp³-hybridized carbons (Fsp3) is 0.538. The van der Waals surface area contributed by atoms with Crippen LogP contribution in [0.4, 0.5) is 0 Å². The predicted molar refractivity (Wildman–Crippen MR) is 70.3 cm³/mol. The molecule has 18 heavy (non-hydrogen) atoms. The van der Waals surface area contributed by atoms with E-state index < -0.39 is 24.6 Å². The van der Waals surface area contributed by atoms with Gasteiger partial charge in [-0.15, -0.1) is 0 Å². The van der Waals surface area contributed by atoms with Crippen LogP contribution in [0.25, 0.3) is 0 Å². The van der Waals surface area contributed by atoms with Crippen molar-refractivity contribution in [1.82, 2.24) is 0 Å². The summed E-state index contributed by atoms with van der Waals surface area (Å²) in [6.45, 7) is 0.434. The quantitative estimate of drug-likeness (QED) is 0.825. The van der Waals surface area contributed by atoms with Crippen molar-refractivity contribution >= 4 is 15.9 Å². The van der Waals surface area contributed by atoms with Crippen LogP contribution >= 0.6 is 15.9 Å². The van der Waals surface area contributed by atoms with Gasteiger partial charge >= 0.3 is 0 Å². The van der Waals surface area contributed by atoms with E-state index in [1.165, 1.54) is 0 Å². The number of hydrogen-bond acceptors (Lipinski definition) is 4. The van der Waals surface area contributed by atoms with Crippen LogP contribution in [-0.4, -0.2) is 40.1 Å². The molecule has 1 saturated heterocycles. The lowest BCUT2D eigenvalue weighted by molar-refractivity contribution is -0.248. The molecule has 100 valence electrons. The highest BCUT2D eigenvalue weighted by Crippen LogP contribution is 2.23. The molecule has 4 atom stereocenters. The highest BCUT2D eigenvalue weighted by molar-refractivity contribution is 9.09. The first-order valence-electron chi connectivity index (χ1n) is 5.94. The fourth-order valence-electron chi connectivity index (χ4n) is 1.91. The molecule has 0 aromatic heterocycles. The molecule has 0 unspecified atom stereocenters. The van der Waals surface area contributed by atoms with Gasteiger partial charge in [0.05, 0.1) is 18.8 Å². The molecule has 1 fully saturated rings. The van der Waals surface area contributed by atoms with Gasteiger partial charge in [-0.3, -0.25) is 0 Å². The van der Waals surface area contributed by atoms with E-state index in [9.17, 15) is 10.2 Å². The summed E-state index contributed by atoms with van der Waals surface area (Å²) in [6.07, 6.45) is -2.29. The monoisotopic (exact) mass is 316 g/mol. The Morgan fingerprint density at radius 3 is 2.67 bits per heavy atom. The molecule has 2 rings (SSSR count). The summed E-state index contributed by atoms with van der Waals surface area (Å²) in [7, 11) is 0. The van der Waals surface area contributed by atoms with Gasteiger partial charge in [-0.2, -0.15) is 0 Å². The normalized spacial score (nSPS) is 32.4. The second-order valence-corrected chi connectivity index (χ2v) is 5.00. The number of halogens is 1. The van der Waals surface area contributed by atoms with Gasteiger partial charge in [0.15, 0.2) is 6.29 Å². The van der Waals surface area contributed by atoms with E-state index in [0.29, 0.717) is 11.9 Å². The van der Waals surface area contributed by atoms with Gasteiger partial charge in [0, 0.05) is 11.8 Å².